The van der Waals surface area contributed by atoms with Crippen molar-refractivity contribution in [2.24, 2.45) is 5.92 Å². The molecule has 1 aromatic carbocycles. The van der Waals surface area contributed by atoms with E-state index in [2.05, 4.69) is 46.7 Å². The Morgan fingerprint density at radius 2 is 2.04 bits per heavy atom. The Hall–Kier alpha value is -1.55. The number of benzene rings is 1. The second-order valence-corrected chi connectivity index (χ2v) is 7.90. The van der Waals surface area contributed by atoms with Gasteiger partial charge in [-0.1, -0.05) is 18.2 Å². The second kappa shape index (κ2) is 6.75. The molecule has 0 spiro atoms. The largest absolute Gasteiger partial charge is 0.366 e. The minimum absolute atomic E-state index is 0.237. The van der Waals surface area contributed by atoms with E-state index >= 15 is 0 Å². The molecule has 2 saturated heterocycles. The normalized spacial score (nSPS) is 29.4. The van der Waals surface area contributed by atoms with Crippen LogP contribution in [0.3, 0.4) is 0 Å². The minimum atomic E-state index is 0.237. The molecule has 2 N–H and O–H groups in total. The summed E-state index contributed by atoms with van der Waals surface area (Å²) in [6.45, 7) is 4.02. The van der Waals surface area contributed by atoms with E-state index in [1.54, 1.807) is 0 Å². The Morgan fingerprint density at radius 1 is 1.29 bits per heavy atom. The zero-order valence-corrected chi connectivity index (χ0v) is 14.6. The highest BCUT2D eigenvalue weighted by Gasteiger charge is 2.34. The van der Waals surface area contributed by atoms with Crippen LogP contribution in [0.5, 0.6) is 0 Å². The number of nitrogens with one attached hydrogen (secondary N) is 2. The summed E-state index contributed by atoms with van der Waals surface area (Å²) in [5.74, 6) is 0.812. The van der Waals surface area contributed by atoms with Crippen molar-refractivity contribution in [1.29, 1.82) is 0 Å². The van der Waals surface area contributed by atoms with Crippen LogP contribution in [0.2, 0.25) is 0 Å². The molecule has 0 saturated carbocycles. The molecule has 24 heavy (non-hydrogen) atoms. The van der Waals surface area contributed by atoms with Crippen LogP contribution in [0.15, 0.2) is 24.3 Å². The Labute approximate surface area is 145 Å². The molecule has 4 nitrogen and oxygen atoms in total. The van der Waals surface area contributed by atoms with Crippen molar-refractivity contribution < 1.29 is 4.79 Å². The molecule has 130 valence electrons. The quantitative estimate of drug-likeness (QED) is 0.873. The van der Waals surface area contributed by atoms with E-state index in [4.69, 9.17) is 0 Å². The highest BCUT2D eigenvalue weighted by atomic mass is 16.1. The second-order valence-electron chi connectivity index (χ2n) is 7.90. The van der Waals surface area contributed by atoms with Gasteiger partial charge in [0.2, 0.25) is 5.91 Å². The number of rotatable bonds is 5. The Bertz CT molecular complexity index is 590. The fourth-order valence-electron chi connectivity index (χ4n) is 4.87. The lowest BCUT2D eigenvalue weighted by atomic mass is 9.89. The molecule has 3 aliphatic rings. The van der Waals surface area contributed by atoms with Gasteiger partial charge in [-0.15, -0.1) is 0 Å². The minimum Gasteiger partial charge on any atom is -0.366 e. The number of para-hydroxylation sites is 1. The van der Waals surface area contributed by atoms with Gasteiger partial charge in [0.1, 0.15) is 0 Å². The summed E-state index contributed by atoms with van der Waals surface area (Å²) in [6, 6.07) is 10.3. The zero-order chi connectivity index (χ0) is 16.5. The fraction of sp³-hybridized carbons (Fsp3) is 0.650. The van der Waals surface area contributed by atoms with Crippen LogP contribution >= 0.6 is 0 Å². The van der Waals surface area contributed by atoms with Gasteiger partial charge in [-0.2, -0.15) is 0 Å². The SMILES string of the molecule is CC(CNC(=O)CC1CC2CCC(C1)N2)N1CCc2ccccc21. The first kappa shape index (κ1) is 15.9. The van der Waals surface area contributed by atoms with Gasteiger partial charge in [-0.25, -0.2) is 0 Å². The standard InChI is InChI=1S/C20H29N3O/c1-14(23-9-8-16-4-2-3-5-19(16)23)13-21-20(24)12-15-10-17-6-7-18(11-15)22-17/h2-5,14-15,17-18,22H,6-13H2,1H3,(H,21,24). The van der Waals surface area contributed by atoms with Crippen molar-refractivity contribution in [2.75, 3.05) is 18.0 Å². The average molecular weight is 327 g/mol. The Kier molecular flexibility index (Phi) is 4.49. The third-order valence-corrected chi connectivity index (χ3v) is 6.09. The number of carbonyl (C=O) groups is 1. The fourth-order valence-corrected chi connectivity index (χ4v) is 4.87. The zero-order valence-electron chi connectivity index (χ0n) is 14.6. The third-order valence-electron chi connectivity index (χ3n) is 6.09. The van der Waals surface area contributed by atoms with Crippen molar-refractivity contribution in [2.45, 2.75) is 63.6 Å². The van der Waals surface area contributed by atoms with Gasteiger partial charge in [0.05, 0.1) is 0 Å². The number of anilines is 1. The molecule has 3 atom stereocenters. The van der Waals surface area contributed by atoms with E-state index in [1.807, 2.05) is 0 Å². The van der Waals surface area contributed by atoms with E-state index < -0.39 is 0 Å². The van der Waals surface area contributed by atoms with Crippen LogP contribution in [0, 0.1) is 5.92 Å². The maximum Gasteiger partial charge on any atom is 0.220 e. The van der Waals surface area contributed by atoms with E-state index in [0.717, 1.165) is 19.5 Å². The first-order chi connectivity index (χ1) is 11.7. The molecule has 4 heteroatoms. The van der Waals surface area contributed by atoms with Gasteiger partial charge in [-0.3, -0.25) is 4.79 Å². The van der Waals surface area contributed by atoms with Crippen LogP contribution in [-0.4, -0.2) is 37.1 Å². The van der Waals surface area contributed by atoms with Crippen molar-refractivity contribution >= 4 is 11.6 Å². The maximum absolute atomic E-state index is 12.4. The highest BCUT2D eigenvalue weighted by molar-refractivity contribution is 5.76. The molecule has 2 fully saturated rings. The molecule has 0 aromatic heterocycles. The lowest BCUT2D eigenvalue weighted by Crippen LogP contribution is -2.43. The van der Waals surface area contributed by atoms with Crippen molar-refractivity contribution in [1.82, 2.24) is 10.6 Å². The molecule has 3 unspecified atom stereocenters. The predicted molar refractivity (Wildman–Crippen MR) is 97.3 cm³/mol. The molecular weight excluding hydrogens is 298 g/mol. The first-order valence-electron chi connectivity index (χ1n) is 9.56. The summed E-state index contributed by atoms with van der Waals surface area (Å²) in [5.41, 5.74) is 2.77. The molecule has 0 radical (unpaired) electrons. The number of hydrogen-bond donors (Lipinski definition) is 2. The van der Waals surface area contributed by atoms with Gasteiger partial charge in [-0.05, 0) is 56.6 Å². The summed E-state index contributed by atoms with van der Waals surface area (Å²) in [6.07, 6.45) is 6.78. The average Bonchev–Trinajstić information content (AvgIpc) is 3.16. The third kappa shape index (κ3) is 3.30. The van der Waals surface area contributed by atoms with Gasteiger partial charge in [0, 0.05) is 43.3 Å². The molecule has 4 rings (SSSR count). The van der Waals surface area contributed by atoms with Crippen LogP contribution in [0.25, 0.3) is 0 Å². The molecule has 0 aliphatic carbocycles. The lowest BCUT2D eigenvalue weighted by Gasteiger charge is -2.30. The molecular formula is C20H29N3O. The molecule has 1 amide bonds. The van der Waals surface area contributed by atoms with Gasteiger partial charge >= 0.3 is 0 Å². The van der Waals surface area contributed by atoms with Crippen LogP contribution < -0.4 is 15.5 Å². The summed E-state index contributed by atoms with van der Waals surface area (Å²) in [4.78, 5) is 14.8. The van der Waals surface area contributed by atoms with Crippen LogP contribution in [0.1, 0.15) is 44.6 Å². The first-order valence-corrected chi connectivity index (χ1v) is 9.56. The predicted octanol–water partition coefficient (Wildman–Crippen LogP) is 2.47. The Morgan fingerprint density at radius 3 is 2.83 bits per heavy atom. The lowest BCUT2D eigenvalue weighted by molar-refractivity contribution is -0.122. The number of nitrogens with zero attached hydrogens (tertiary/aromatic N) is 1. The van der Waals surface area contributed by atoms with Crippen LogP contribution in [0.4, 0.5) is 5.69 Å². The van der Waals surface area contributed by atoms with Gasteiger partial charge in [0.15, 0.2) is 0 Å². The van der Waals surface area contributed by atoms with E-state index in [9.17, 15) is 4.79 Å². The van der Waals surface area contributed by atoms with Crippen molar-refractivity contribution in [3.8, 4) is 0 Å². The smallest absolute Gasteiger partial charge is 0.220 e. The summed E-state index contributed by atoms with van der Waals surface area (Å²) < 4.78 is 0. The molecule has 3 heterocycles. The van der Waals surface area contributed by atoms with Gasteiger partial charge in [0.25, 0.3) is 0 Å². The van der Waals surface area contributed by atoms with Crippen molar-refractivity contribution in [3.63, 3.8) is 0 Å². The van der Waals surface area contributed by atoms with E-state index in [1.165, 1.54) is 36.9 Å². The Balaban J connectivity index is 1.25. The van der Waals surface area contributed by atoms with Crippen LogP contribution in [-0.2, 0) is 11.2 Å². The number of fused-ring (bicyclic) bond motifs is 3. The molecule has 1 aromatic rings. The van der Waals surface area contributed by atoms with Crippen molar-refractivity contribution in [3.05, 3.63) is 29.8 Å². The number of hydrogen-bond acceptors (Lipinski definition) is 3. The summed E-state index contributed by atoms with van der Waals surface area (Å²) in [7, 11) is 0. The topological polar surface area (TPSA) is 44.4 Å². The number of amides is 1. The number of piperidine rings is 1. The maximum atomic E-state index is 12.4. The van der Waals surface area contributed by atoms with E-state index in [0.29, 0.717) is 30.5 Å². The summed E-state index contributed by atoms with van der Waals surface area (Å²) >= 11 is 0. The van der Waals surface area contributed by atoms with Gasteiger partial charge < -0.3 is 15.5 Å². The van der Waals surface area contributed by atoms with E-state index in [-0.39, 0.29) is 5.91 Å². The molecule has 2 bridgehead atoms. The molecule has 3 aliphatic heterocycles. The monoisotopic (exact) mass is 327 g/mol. The highest BCUT2D eigenvalue weighted by Crippen LogP contribution is 2.32. The summed E-state index contributed by atoms with van der Waals surface area (Å²) in [5, 5.41) is 6.84. The number of carbonyl (C=O) groups excluding carboxylic acids is 1.